The van der Waals surface area contributed by atoms with Crippen molar-refractivity contribution in [1.29, 1.82) is 0 Å². The first kappa shape index (κ1) is 11.2. The second-order valence-corrected chi connectivity index (χ2v) is 3.93. The Morgan fingerprint density at radius 3 is 2.89 bits per heavy atom. The van der Waals surface area contributed by atoms with E-state index in [2.05, 4.69) is 15.4 Å². The van der Waals surface area contributed by atoms with Gasteiger partial charge < -0.3 is 5.11 Å². The largest absolute Gasteiger partial charge is 0.477 e. The number of carboxylic acids is 1. The molecule has 3 aromatic rings. The van der Waals surface area contributed by atoms with Crippen LogP contribution < -0.4 is 5.43 Å². The average Bonchev–Trinajstić information content (AvgIpc) is 2.87. The number of aromatic carboxylic acids is 1. The Morgan fingerprint density at radius 1 is 1.21 bits per heavy atom. The highest BCUT2D eigenvalue weighted by molar-refractivity contribution is 5.86. The van der Waals surface area contributed by atoms with Crippen LogP contribution in [-0.4, -0.2) is 25.7 Å². The molecule has 2 N–H and O–H groups in total. The van der Waals surface area contributed by atoms with Crippen LogP contribution in [0.5, 0.6) is 0 Å². The number of rotatable bonds is 3. The van der Waals surface area contributed by atoms with E-state index in [0.717, 1.165) is 10.9 Å². The van der Waals surface area contributed by atoms with E-state index in [1.807, 2.05) is 24.3 Å². The fourth-order valence-corrected chi connectivity index (χ4v) is 1.79. The first-order valence-corrected chi connectivity index (χ1v) is 5.63. The molecule has 2 aromatic heterocycles. The number of hydrogen-bond acceptors (Lipinski definition) is 4. The summed E-state index contributed by atoms with van der Waals surface area (Å²) in [5, 5.41) is 9.93. The molecule has 0 amide bonds. The summed E-state index contributed by atoms with van der Waals surface area (Å²) < 4.78 is 1.37. The highest BCUT2D eigenvalue weighted by atomic mass is 16.4. The molecule has 6 nitrogen and oxygen atoms in total. The molecule has 0 atom stereocenters. The number of benzene rings is 1. The number of fused-ring (bicyclic) bond motifs is 1. The Hall–Kier alpha value is -2.89. The molecule has 3 rings (SSSR count). The van der Waals surface area contributed by atoms with Crippen molar-refractivity contribution >= 4 is 22.8 Å². The Labute approximate surface area is 108 Å². The van der Waals surface area contributed by atoms with Gasteiger partial charge in [-0.1, -0.05) is 18.2 Å². The minimum Gasteiger partial charge on any atom is -0.477 e. The fourth-order valence-electron chi connectivity index (χ4n) is 1.79. The molecule has 0 aliphatic carbocycles. The van der Waals surface area contributed by atoms with E-state index in [1.54, 1.807) is 18.5 Å². The first-order chi connectivity index (χ1) is 9.24. The number of nitrogens with zero attached hydrogens (tertiary/aromatic N) is 3. The maximum atomic E-state index is 11.0. The van der Waals surface area contributed by atoms with Crippen molar-refractivity contribution in [2.75, 3.05) is 5.43 Å². The van der Waals surface area contributed by atoms with Crippen LogP contribution in [0.3, 0.4) is 0 Å². The summed E-state index contributed by atoms with van der Waals surface area (Å²) in [7, 11) is 0. The highest BCUT2D eigenvalue weighted by Gasteiger charge is 2.09. The summed E-state index contributed by atoms with van der Waals surface area (Å²) in [5.41, 5.74) is 3.76. The molecule has 0 bridgehead atoms. The van der Waals surface area contributed by atoms with Crippen LogP contribution in [0.15, 0.2) is 48.8 Å². The molecular formula is C13H10N4O2. The van der Waals surface area contributed by atoms with Crippen LogP contribution in [0, 0.1) is 0 Å². The molecule has 0 aliphatic heterocycles. The van der Waals surface area contributed by atoms with Gasteiger partial charge in [-0.2, -0.15) is 0 Å². The summed E-state index contributed by atoms with van der Waals surface area (Å²) in [4.78, 5) is 19.4. The second kappa shape index (κ2) is 4.41. The quantitative estimate of drug-likeness (QED) is 0.747. The van der Waals surface area contributed by atoms with E-state index in [4.69, 9.17) is 5.11 Å². The summed E-state index contributed by atoms with van der Waals surface area (Å²) in [6.07, 6.45) is 3.29. The molecule has 0 aliphatic rings. The first-order valence-electron chi connectivity index (χ1n) is 5.63. The molecule has 0 fully saturated rings. The standard InChI is InChI=1S/C13H10N4O2/c18-12(19)11-6-3-7-17(11)16-13-14-8-9-4-1-2-5-10(9)15-13/h1-8H,(H,18,19)(H,14,15,16). The molecule has 19 heavy (non-hydrogen) atoms. The minimum absolute atomic E-state index is 0.122. The number of para-hydroxylation sites is 1. The van der Waals surface area contributed by atoms with Gasteiger partial charge in [-0.3, -0.25) is 10.1 Å². The maximum Gasteiger partial charge on any atom is 0.354 e. The number of anilines is 1. The summed E-state index contributed by atoms with van der Waals surface area (Å²) in [6.45, 7) is 0. The highest BCUT2D eigenvalue weighted by Crippen LogP contribution is 2.12. The van der Waals surface area contributed by atoms with E-state index in [1.165, 1.54) is 10.7 Å². The van der Waals surface area contributed by atoms with Crippen molar-refractivity contribution in [2.24, 2.45) is 0 Å². The smallest absolute Gasteiger partial charge is 0.354 e. The normalized spacial score (nSPS) is 10.5. The zero-order valence-corrected chi connectivity index (χ0v) is 9.82. The van der Waals surface area contributed by atoms with Crippen LogP contribution in [0.2, 0.25) is 0 Å². The lowest BCUT2D eigenvalue weighted by atomic mass is 10.2. The van der Waals surface area contributed by atoms with Crippen LogP contribution >= 0.6 is 0 Å². The molecule has 6 heteroatoms. The molecule has 94 valence electrons. The van der Waals surface area contributed by atoms with Gasteiger partial charge in [0.05, 0.1) is 5.52 Å². The third kappa shape index (κ3) is 2.11. The predicted molar refractivity (Wildman–Crippen MR) is 70.0 cm³/mol. The Balaban J connectivity index is 1.97. The zero-order valence-electron chi connectivity index (χ0n) is 9.82. The van der Waals surface area contributed by atoms with E-state index >= 15 is 0 Å². The van der Waals surface area contributed by atoms with Gasteiger partial charge in [0.15, 0.2) is 0 Å². The Morgan fingerprint density at radius 2 is 2.05 bits per heavy atom. The molecule has 0 radical (unpaired) electrons. The predicted octanol–water partition coefficient (Wildman–Crippen LogP) is 2.00. The summed E-state index contributed by atoms with van der Waals surface area (Å²) in [6, 6.07) is 10.7. The molecule has 0 saturated carbocycles. The van der Waals surface area contributed by atoms with Crippen molar-refractivity contribution < 1.29 is 9.90 Å². The lowest BCUT2D eigenvalue weighted by molar-refractivity contribution is 0.0687. The van der Waals surface area contributed by atoms with Gasteiger partial charge >= 0.3 is 5.97 Å². The Bertz CT molecular complexity index is 751. The van der Waals surface area contributed by atoms with Gasteiger partial charge in [0.1, 0.15) is 5.69 Å². The SMILES string of the molecule is O=C(O)c1cccn1Nc1ncc2ccccc2n1. The number of hydrogen-bond donors (Lipinski definition) is 2. The lowest BCUT2D eigenvalue weighted by Gasteiger charge is -2.08. The van der Waals surface area contributed by atoms with Crippen LogP contribution in [0.25, 0.3) is 10.9 Å². The van der Waals surface area contributed by atoms with E-state index < -0.39 is 5.97 Å². The van der Waals surface area contributed by atoms with Crippen molar-refractivity contribution in [2.45, 2.75) is 0 Å². The zero-order chi connectivity index (χ0) is 13.2. The topological polar surface area (TPSA) is 80.0 Å². The average molecular weight is 254 g/mol. The molecule has 0 saturated heterocycles. The van der Waals surface area contributed by atoms with Gasteiger partial charge in [-0.15, -0.1) is 0 Å². The van der Waals surface area contributed by atoms with Crippen molar-refractivity contribution in [3.63, 3.8) is 0 Å². The van der Waals surface area contributed by atoms with Gasteiger partial charge in [0, 0.05) is 17.8 Å². The van der Waals surface area contributed by atoms with Crippen molar-refractivity contribution in [3.05, 3.63) is 54.5 Å². The number of aromatic nitrogens is 3. The summed E-state index contributed by atoms with van der Waals surface area (Å²) in [5.74, 6) is -0.671. The van der Waals surface area contributed by atoms with Crippen LogP contribution in [0.4, 0.5) is 5.95 Å². The second-order valence-electron chi connectivity index (χ2n) is 3.93. The van der Waals surface area contributed by atoms with Crippen molar-refractivity contribution in [3.8, 4) is 0 Å². The van der Waals surface area contributed by atoms with E-state index in [0.29, 0.717) is 5.95 Å². The van der Waals surface area contributed by atoms with Gasteiger partial charge in [0.2, 0.25) is 5.95 Å². The van der Waals surface area contributed by atoms with Gasteiger partial charge in [-0.25, -0.2) is 14.8 Å². The number of nitrogens with one attached hydrogen (secondary N) is 1. The maximum absolute atomic E-state index is 11.0. The van der Waals surface area contributed by atoms with Crippen LogP contribution in [-0.2, 0) is 0 Å². The number of carbonyl (C=O) groups is 1. The molecule has 0 spiro atoms. The molecule has 0 unspecified atom stereocenters. The fraction of sp³-hybridized carbons (Fsp3) is 0. The lowest BCUT2D eigenvalue weighted by Crippen LogP contribution is -2.16. The Kier molecular flexibility index (Phi) is 2.60. The number of carboxylic acid groups (broad SMARTS) is 1. The van der Waals surface area contributed by atoms with Gasteiger partial charge in [-0.05, 0) is 18.2 Å². The third-order valence-corrected chi connectivity index (χ3v) is 2.68. The van der Waals surface area contributed by atoms with E-state index in [9.17, 15) is 4.79 Å². The van der Waals surface area contributed by atoms with Crippen molar-refractivity contribution in [1.82, 2.24) is 14.6 Å². The third-order valence-electron chi connectivity index (χ3n) is 2.68. The molecular weight excluding hydrogens is 244 g/mol. The van der Waals surface area contributed by atoms with Gasteiger partial charge in [0.25, 0.3) is 0 Å². The minimum atomic E-state index is -1.02. The molecule has 2 heterocycles. The van der Waals surface area contributed by atoms with E-state index in [-0.39, 0.29) is 5.69 Å². The monoisotopic (exact) mass is 254 g/mol. The summed E-state index contributed by atoms with van der Waals surface area (Å²) >= 11 is 0. The van der Waals surface area contributed by atoms with Crippen LogP contribution in [0.1, 0.15) is 10.5 Å². The molecule has 1 aromatic carbocycles.